The topological polar surface area (TPSA) is 46.3 Å². The predicted octanol–water partition coefficient (Wildman–Crippen LogP) is 3.42. The van der Waals surface area contributed by atoms with Crippen LogP contribution in [-0.4, -0.2) is 13.0 Å². The highest BCUT2D eigenvalue weighted by Crippen LogP contribution is 2.25. The maximum atomic E-state index is 9.47. The largest absolute Gasteiger partial charge is 0.366 e. The molecule has 2 aromatic rings. The molecular weight excluding hydrogens is 248 g/mol. The average Bonchev–Trinajstić information content (AvgIpc) is 2.48. The standard InChI is InChI=1S/C14H15N.C3H5NO/c1-12-8-6-7-11-14(12)15(2)13-9-4-3-5-10-13;1-2-3(4)5/h3-11H,1-2H3;2H,1H2,(H2,4,5). The van der Waals surface area contributed by atoms with Crippen molar-refractivity contribution in [3.05, 3.63) is 72.8 Å². The molecule has 0 aromatic heterocycles. The first-order valence-corrected chi connectivity index (χ1v) is 6.32. The molecule has 0 atom stereocenters. The highest BCUT2D eigenvalue weighted by Gasteiger charge is 2.04. The van der Waals surface area contributed by atoms with E-state index in [4.69, 9.17) is 0 Å². The van der Waals surface area contributed by atoms with Crippen LogP contribution >= 0.6 is 0 Å². The van der Waals surface area contributed by atoms with E-state index in [0.29, 0.717) is 0 Å². The van der Waals surface area contributed by atoms with Crippen LogP contribution in [0, 0.1) is 6.92 Å². The van der Waals surface area contributed by atoms with Gasteiger partial charge in [0.25, 0.3) is 0 Å². The van der Waals surface area contributed by atoms with Crippen LogP contribution in [0.3, 0.4) is 0 Å². The third-order valence-electron chi connectivity index (χ3n) is 2.82. The van der Waals surface area contributed by atoms with Gasteiger partial charge < -0.3 is 10.6 Å². The minimum Gasteiger partial charge on any atom is -0.366 e. The fourth-order valence-electron chi connectivity index (χ4n) is 1.73. The molecular formula is C17H20N2O. The summed E-state index contributed by atoms with van der Waals surface area (Å²) < 4.78 is 0. The molecule has 2 aromatic carbocycles. The third kappa shape index (κ3) is 4.61. The van der Waals surface area contributed by atoms with Gasteiger partial charge >= 0.3 is 0 Å². The SMILES string of the molecule is C=CC(N)=O.Cc1ccccc1N(C)c1ccccc1. The zero-order valence-corrected chi connectivity index (χ0v) is 11.9. The van der Waals surface area contributed by atoms with Crippen LogP contribution in [-0.2, 0) is 4.79 Å². The van der Waals surface area contributed by atoms with E-state index in [2.05, 4.69) is 79.7 Å². The lowest BCUT2D eigenvalue weighted by Crippen LogP contribution is -2.10. The van der Waals surface area contributed by atoms with E-state index in [1.807, 2.05) is 6.07 Å². The van der Waals surface area contributed by atoms with Gasteiger partial charge in [-0.05, 0) is 36.8 Å². The lowest BCUT2D eigenvalue weighted by Gasteiger charge is -2.21. The van der Waals surface area contributed by atoms with Gasteiger partial charge in [0.2, 0.25) is 5.91 Å². The Morgan fingerprint density at radius 2 is 1.60 bits per heavy atom. The lowest BCUT2D eigenvalue weighted by molar-refractivity contribution is -0.113. The Balaban J connectivity index is 0.000000347. The van der Waals surface area contributed by atoms with Gasteiger partial charge in [0.15, 0.2) is 0 Å². The van der Waals surface area contributed by atoms with Crippen LogP contribution in [0.5, 0.6) is 0 Å². The molecule has 0 radical (unpaired) electrons. The van der Waals surface area contributed by atoms with Gasteiger partial charge in [0, 0.05) is 18.4 Å². The molecule has 0 aliphatic carbocycles. The molecule has 3 heteroatoms. The first-order valence-electron chi connectivity index (χ1n) is 6.32. The summed E-state index contributed by atoms with van der Waals surface area (Å²) in [5, 5.41) is 0. The molecule has 2 N–H and O–H groups in total. The molecule has 0 saturated carbocycles. The number of primary amides is 1. The van der Waals surface area contributed by atoms with Crippen molar-refractivity contribution in [2.75, 3.05) is 11.9 Å². The second-order valence-electron chi connectivity index (χ2n) is 4.29. The van der Waals surface area contributed by atoms with Gasteiger partial charge in [-0.2, -0.15) is 0 Å². The van der Waals surface area contributed by atoms with Gasteiger partial charge in [-0.3, -0.25) is 4.79 Å². The normalized spacial score (nSPS) is 9.10. The molecule has 0 unspecified atom stereocenters. The quantitative estimate of drug-likeness (QED) is 0.867. The van der Waals surface area contributed by atoms with E-state index in [9.17, 15) is 4.79 Å². The molecule has 0 aliphatic heterocycles. The van der Waals surface area contributed by atoms with E-state index in [1.165, 1.54) is 16.9 Å². The van der Waals surface area contributed by atoms with E-state index in [0.717, 1.165) is 6.08 Å². The Morgan fingerprint density at radius 1 is 1.10 bits per heavy atom. The summed E-state index contributed by atoms with van der Waals surface area (Å²) in [4.78, 5) is 11.7. The molecule has 3 nitrogen and oxygen atoms in total. The maximum Gasteiger partial charge on any atom is 0.240 e. The minimum absolute atomic E-state index is 0.481. The van der Waals surface area contributed by atoms with Gasteiger partial charge in [-0.1, -0.05) is 43.0 Å². The van der Waals surface area contributed by atoms with Crippen molar-refractivity contribution >= 4 is 17.3 Å². The number of para-hydroxylation sites is 2. The van der Waals surface area contributed by atoms with Crippen molar-refractivity contribution < 1.29 is 4.79 Å². The molecule has 104 valence electrons. The second-order valence-corrected chi connectivity index (χ2v) is 4.29. The van der Waals surface area contributed by atoms with E-state index < -0.39 is 5.91 Å². The first kappa shape index (κ1) is 15.5. The zero-order chi connectivity index (χ0) is 15.0. The Hall–Kier alpha value is -2.55. The molecule has 1 amide bonds. The van der Waals surface area contributed by atoms with Crippen LogP contribution < -0.4 is 10.6 Å². The van der Waals surface area contributed by atoms with Gasteiger partial charge in [0.05, 0.1) is 0 Å². The number of hydrogen-bond acceptors (Lipinski definition) is 2. The monoisotopic (exact) mass is 268 g/mol. The fourth-order valence-corrected chi connectivity index (χ4v) is 1.73. The highest BCUT2D eigenvalue weighted by atomic mass is 16.1. The summed E-state index contributed by atoms with van der Waals surface area (Å²) >= 11 is 0. The van der Waals surface area contributed by atoms with E-state index >= 15 is 0 Å². The molecule has 2 rings (SSSR count). The van der Waals surface area contributed by atoms with E-state index in [1.54, 1.807) is 0 Å². The van der Waals surface area contributed by atoms with Crippen molar-refractivity contribution in [1.82, 2.24) is 0 Å². The second kappa shape index (κ2) is 7.79. The van der Waals surface area contributed by atoms with Crippen molar-refractivity contribution in [2.24, 2.45) is 5.73 Å². The van der Waals surface area contributed by atoms with Gasteiger partial charge in [-0.15, -0.1) is 0 Å². The number of benzene rings is 2. The van der Waals surface area contributed by atoms with Crippen molar-refractivity contribution in [3.63, 3.8) is 0 Å². The number of amides is 1. The van der Waals surface area contributed by atoms with Crippen molar-refractivity contribution in [1.29, 1.82) is 0 Å². The Morgan fingerprint density at radius 3 is 2.10 bits per heavy atom. The van der Waals surface area contributed by atoms with Crippen LogP contribution in [0.2, 0.25) is 0 Å². The molecule has 0 bridgehead atoms. The molecule has 20 heavy (non-hydrogen) atoms. The smallest absolute Gasteiger partial charge is 0.240 e. The van der Waals surface area contributed by atoms with Crippen molar-refractivity contribution in [2.45, 2.75) is 6.92 Å². The van der Waals surface area contributed by atoms with Crippen LogP contribution in [0.15, 0.2) is 67.3 Å². The number of rotatable bonds is 3. The lowest BCUT2D eigenvalue weighted by atomic mass is 10.1. The van der Waals surface area contributed by atoms with Crippen molar-refractivity contribution in [3.8, 4) is 0 Å². The number of nitrogens with two attached hydrogens (primary N) is 1. The number of anilines is 2. The number of carbonyl (C=O) groups is 1. The molecule has 0 aliphatic rings. The highest BCUT2D eigenvalue weighted by molar-refractivity contribution is 5.84. The molecule has 0 saturated heterocycles. The summed E-state index contributed by atoms with van der Waals surface area (Å²) in [5.74, 6) is -0.481. The van der Waals surface area contributed by atoms with Crippen LogP contribution in [0.4, 0.5) is 11.4 Å². The summed E-state index contributed by atoms with van der Waals surface area (Å²) in [6.07, 6.45) is 1.06. The number of aryl methyl sites for hydroxylation is 1. The summed E-state index contributed by atoms with van der Waals surface area (Å²) in [7, 11) is 2.09. The van der Waals surface area contributed by atoms with Crippen LogP contribution in [0.1, 0.15) is 5.56 Å². The summed E-state index contributed by atoms with van der Waals surface area (Å²) in [6.45, 7) is 5.22. The summed E-state index contributed by atoms with van der Waals surface area (Å²) in [5.41, 5.74) is 8.30. The number of nitrogens with zero attached hydrogens (tertiary/aromatic N) is 1. The average molecular weight is 268 g/mol. The molecule has 0 fully saturated rings. The Labute approximate surface area is 120 Å². The van der Waals surface area contributed by atoms with Gasteiger partial charge in [-0.25, -0.2) is 0 Å². The number of carbonyl (C=O) groups excluding carboxylic acids is 1. The molecule has 0 spiro atoms. The minimum atomic E-state index is -0.481. The Bertz CT molecular complexity index is 564. The predicted molar refractivity (Wildman–Crippen MR) is 85.1 cm³/mol. The maximum absolute atomic E-state index is 9.47. The number of hydrogen-bond donors (Lipinski definition) is 1. The molecule has 0 heterocycles. The third-order valence-corrected chi connectivity index (χ3v) is 2.82. The summed E-state index contributed by atoms with van der Waals surface area (Å²) in [6, 6.07) is 18.8. The van der Waals surface area contributed by atoms with Gasteiger partial charge in [0.1, 0.15) is 0 Å². The Kier molecular flexibility index (Phi) is 6.04. The first-order chi connectivity index (χ1) is 9.56. The van der Waals surface area contributed by atoms with Crippen LogP contribution in [0.25, 0.3) is 0 Å². The van der Waals surface area contributed by atoms with E-state index in [-0.39, 0.29) is 0 Å². The fraction of sp³-hybridized carbons (Fsp3) is 0.118. The zero-order valence-electron chi connectivity index (χ0n) is 11.9.